The van der Waals surface area contributed by atoms with Crippen LogP contribution in [0, 0.1) is 0 Å². The maximum Gasteiger partial charge on any atom is 0.573 e. The van der Waals surface area contributed by atoms with Gasteiger partial charge >= 0.3 is 12.5 Å². The van der Waals surface area contributed by atoms with Crippen LogP contribution in [0.3, 0.4) is 0 Å². The van der Waals surface area contributed by atoms with Gasteiger partial charge in [-0.1, -0.05) is 97.1 Å². The van der Waals surface area contributed by atoms with Gasteiger partial charge in [0.05, 0.1) is 17.7 Å². The molecule has 0 N–H and O–H groups in total. The highest BCUT2D eigenvalue weighted by atomic mass is 19.4. The van der Waals surface area contributed by atoms with Crippen molar-refractivity contribution in [3.63, 3.8) is 0 Å². The lowest BCUT2D eigenvalue weighted by atomic mass is 9.93. The lowest BCUT2D eigenvalue weighted by Gasteiger charge is -2.45. The molecule has 4 aromatic carbocycles. The van der Waals surface area contributed by atoms with Gasteiger partial charge in [-0.05, 0) is 34.4 Å². The predicted molar refractivity (Wildman–Crippen MR) is 138 cm³/mol. The number of hydrogen-bond donors (Lipinski definition) is 0. The first-order valence-electron chi connectivity index (χ1n) is 12.6. The molecule has 3 nitrogen and oxygen atoms in total. The monoisotopic (exact) mass is 557 g/mol. The van der Waals surface area contributed by atoms with E-state index in [-0.39, 0.29) is 11.6 Å². The highest BCUT2D eigenvalue weighted by Crippen LogP contribution is 2.42. The molecule has 1 unspecified atom stereocenters. The Labute approximate surface area is 227 Å². The highest BCUT2D eigenvalue weighted by Gasteiger charge is 2.41. The summed E-state index contributed by atoms with van der Waals surface area (Å²) in [6.45, 7) is 0.906. The van der Waals surface area contributed by atoms with E-state index in [0.29, 0.717) is 24.7 Å². The third kappa shape index (κ3) is 6.48. The van der Waals surface area contributed by atoms with Gasteiger partial charge in [0, 0.05) is 13.1 Å². The molecule has 1 aliphatic rings. The number of alkyl halides is 6. The minimum atomic E-state index is -5.12. The molecule has 0 saturated carbocycles. The van der Waals surface area contributed by atoms with Gasteiger partial charge in [0.2, 0.25) is 0 Å². The summed E-state index contributed by atoms with van der Waals surface area (Å²) in [4.78, 5) is 2.18. The number of halogens is 6. The molecule has 1 saturated heterocycles. The molecular formula is C31H25F6NO2. The minimum absolute atomic E-state index is 0.0676. The van der Waals surface area contributed by atoms with Crippen LogP contribution in [0.4, 0.5) is 26.3 Å². The predicted octanol–water partition coefficient (Wildman–Crippen LogP) is 8.18. The second kappa shape index (κ2) is 11.3. The van der Waals surface area contributed by atoms with Gasteiger partial charge in [0.25, 0.3) is 0 Å². The number of benzene rings is 4. The fourth-order valence-corrected chi connectivity index (χ4v) is 5.01. The van der Waals surface area contributed by atoms with Crippen molar-refractivity contribution in [2.24, 2.45) is 0 Å². The molecule has 208 valence electrons. The maximum atomic E-state index is 14.1. The van der Waals surface area contributed by atoms with Crippen molar-refractivity contribution in [1.82, 2.24) is 4.90 Å². The van der Waals surface area contributed by atoms with Crippen molar-refractivity contribution in [2.75, 3.05) is 13.1 Å². The molecule has 9 heteroatoms. The van der Waals surface area contributed by atoms with Crippen LogP contribution in [0.5, 0.6) is 5.75 Å². The van der Waals surface area contributed by atoms with Crippen molar-refractivity contribution in [3.05, 3.63) is 137 Å². The quantitative estimate of drug-likeness (QED) is 0.204. The largest absolute Gasteiger partial charge is 0.573 e. The summed E-state index contributed by atoms with van der Waals surface area (Å²) >= 11 is 0. The van der Waals surface area contributed by atoms with Crippen LogP contribution in [0.2, 0.25) is 0 Å². The molecule has 1 aliphatic heterocycles. The molecule has 1 atom stereocenters. The summed E-state index contributed by atoms with van der Waals surface area (Å²) in [6.07, 6.45) is -11.6. The summed E-state index contributed by atoms with van der Waals surface area (Å²) in [7, 11) is 0. The van der Waals surface area contributed by atoms with Gasteiger partial charge in [0.15, 0.2) is 0 Å². The fraction of sp³-hybridized carbons (Fsp3) is 0.226. The maximum absolute atomic E-state index is 14.1. The van der Waals surface area contributed by atoms with E-state index < -0.39 is 36.1 Å². The Kier molecular flexibility index (Phi) is 7.87. The number of hydrogen-bond acceptors (Lipinski definition) is 3. The van der Waals surface area contributed by atoms with E-state index in [4.69, 9.17) is 4.74 Å². The van der Waals surface area contributed by atoms with E-state index in [0.717, 1.165) is 23.3 Å². The van der Waals surface area contributed by atoms with Crippen LogP contribution in [-0.4, -0.2) is 30.5 Å². The molecule has 0 bridgehead atoms. The molecule has 4 aromatic rings. The van der Waals surface area contributed by atoms with E-state index in [9.17, 15) is 26.3 Å². The first-order valence-corrected chi connectivity index (χ1v) is 12.6. The molecular weight excluding hydrogens is 532 g/mol. The Morgan fingerprint density at radius 3 is 1.62 bits per heavy atom. The van der Waals surface area contributed by atoms with Crippen LogP contribution < -0.4 is 4.74 Å². The first kappa shape index (κ1) is 27.7. The van der Waals surface area contributed by atoms with Gasteiger partial charge < -0.3 is 9.47 Å². The van der Waals surface area contributed by atoms with Crippen molar-refractivity contribution in [3.8, 4) is 5.75 Å². The van der Waals surface area contributed by atoms with Crippen LogP contribution >= 0.6 is 0 Å². The third-order valence-corrected chi connectivity index (χ3v) is 6.75. The standard InChI is InChI=1S/C31H25F6NO2/c32-30(33,34)27-18-24(40-31(35,36)37)16-17-26(27)29(23-14-8-3-9-15-23)39-25-19-38(20-25)28(21-10-4-1-5-11-21)22-12-6-2-7-13-22/h1-18,25,28-29H,19-20H2. The smallest absolute Gasteiger partial charge is 0.406 e. The first-order chi connectivity index (χ1) is 19.1. The minimum Gasteiger partial charge on any atom is -0.406 e. The zero-order chi connectivity index (χ0) is 28.3. The molecule has 0 radical (unpaired) electrons. The summed E-state index contributed by atoms with van der Waals surface area (Å²) < 4.78 is 90.6. The lowest BCUT2D eigenvalue weighted by molar-refractivity contribution is -0.274. The summed E-state index contributed by atoms with van der Waals surface area (Å²) in [6, 6.07) is 30.3. The second-order valence-electron chi connectivity index (χ2n) is 9.52. The number of nitrogens with zero attached hydrogens (tertiary/aromatic N) is 1. The Morgan fingerprint density at radius 2 is 1.15 bits per heavy atom. The molecule has 0 spiro atoms. The van der Waals surface area contributed by atoms with Crippen molar-refractivity contribution in [2.45, 2.75) is 30.8 Å². The zero-order valence-corrected chi connectivity index (χ0v) is 21.1. The Bertz CT molecular complexity index is 1350. The number of likely N-dealkylation sites (tertiary alicyclic amines) is 1. The fourth-order valence-electron chi connectivity index (χ4n) is 5.01. The van der Waals surface area contributed by atoms with E-state index in [1.54, 1.807) is 30.3 Å². The highest BCUT2D eigenvalue weighted by molar-refractivity contribution is 5.43. The van der Waals surface area contributed by atoms with E-state index >= 15 is 0 Å². The zero-order valence-electron chi connectivity index (χ0n) is 21.1. The summed E-state index contributed by atoms with van der Waals surface area (Å²) in [5, 5.41) is 0. The van der Waals surface area contributed by atoms with Crippen LogP contribution in [-0.2, 0) is 10.9 Å². The molecule has 1 fully saturated rings. The van der Waals surface area contributed by atoms with Crippen LogP contribution in [0.15, 0.2) is 109 Å². The molecule has 0 aromatic heterocycles. The Hall–Kier alpha value is -3.82. The van der Waals surface area contributed by atoms with Gasteiger partial charge in [0.1, 0.15) is 11.9 Å². The van der Waals surface area contributed by atoms with Gasteiger partial charge in [-0.2, -0.15) is 13.2 Å². The average Bonchev–Trinajstić information content (AvgIpc) is 2.90. The van der Waals surface area contributed by atoms with Crippen molar-refractivity contribution < 1.29 is 35.8 Å². The van der Waals surface area contributed by atoms with Crippen LogP contribution in [0.25, 0.3) is 0 Å². The van der Waals surface area contributed by atoms with E-state index in [2.05, 4.69) is 9.64 Å². The molecule has 0 aliphatic carbocycles. The second-order valence-corrected chi connectivity index (χ2v) is 9.52. The lowest BCUT2D eigenvalue weighted by Crippen LogP contribution is -2.54. The normalized spacial score (nSPS) is 15.6. The van der Waals surface area contributed by atoms with Crippen molar-refractivity contribution in [1.29, 1.82) is 0 Å². The van der Waals surface area contributed by atoms with Gasteiger partial charge in [-0.25, -0.2) is 0 Å². The Morgan fingerprint density at radius 1 is 0.650 bits per heavy atom. The number of ether oxygens (including phenoxy) is 2. The van der Waals surface area contributed by atoms with E-state index in [1.807, 2.05) is 60.7 Å². The molecule has 1 heterocycles. The summed E-state index contributed by atoms with van der Waals surface area (Å²) in [5.41, 5.74) is 1.08. The number of rotatable bonds is 8. The Balaban J connectivity index is 1.43. The molecule has 40 heavy (non-hydrogen) atoms. The van der Waals surface area contributed by atoms with Crippen LogP contribution in [0.1, 0.15) is 40.0 Å². The molecule has 5 rings (SSSR count). The SMILES string of the molecule is FC(F)(F)Oc1ccc(C(OC2CN(C(c3ccccc3)c3ccccc3)C2)c2ccccc2)c(C(F)(F)F)c1. The van der Waals surface area contributed by atoms with Gasteiger partial charge in [-0.15, -0.1) is 13.2 Å². The topological polar surface area (TPSA) is 21.7 Å². The average molecular weight is 558 g/mol. The van der Waals surface area contributed by atoms with E-state index in [1.165, 1.54) is 0 Å². The summed E-state index contributed by atoms with van der Waals surface area (Å²) in [5.74, 6) is -0.946. The third-order valence-electron chi connectivity index (χ3n) is 6.75. The van der Waals surface area contributed by atoms with Crippen molar-refractivity contribution >= 4 is 0 Å². The molecule has 0 amide bonds. The van der Waals surface area contributed by atoms with Gasteiger partial charge in [-0.3, -0.25) is 4.90 Å².